The van der Waals surface area contributed by atoms with Crippen molar-refractivity contribution in [1.82, 2.24) is 10.2 Å². The van der Waals surface area contributed by atoms with E-state index in [4.69, 9.17) is 4.74 Å². The number of hydrogen-bond donors (Lipinski definition) is 2. The summed E-state index contributed by atoms with van der Waals surface area (Å²) in [5.41, 5.74) is 4.53. The summed E-state index contributed by atoms with van der Waals surface area (Å²) >= 11 is 0. The van der Waals surface area contributed by atoms with E-state index in [2.05, 4.69) is 34.6 Å². The fraction of sp³-hybridized carbons (Fsp3) is 0.273. The zero-order valence-corrected chi connectivity index (χ0v) is 15.8. The predicted octanol–water partition coefficient (Wildman–Crippen LogP) is 4.41. The van der Waals surface area contributed by atoms with E-state index >= 15 is 0 Å². The molecule has 1 aromatic heterocycles. The van der Waals surface area contributed by atoms with E-state index in [1.165, 1.54) is 5.56 Å². The van der Waals surface area contributed by atoms with Crippen LogP contribution in [0.25, 0.3) is 0 Å². The van der Waals surface area contributed by atoms with Crippen LogP contribution in [0.2, 0.25) is 0 Å². The molecule has 3 rings (SSSR count). The first-order valence-corrected chi connectivity index (χ1v) is 9.26. The molecule has 140 valence electrons. The largest absolute Gasteiger partial charge is 0.497 e. The third kappa shape index (κ3) is 4.76. The van der Waals surface area contributed by atoms with Gasteiger partial charge < -0.3 is 10.1 Å². The van der Waals surface area contributed by atoms with Crippen molar-refractivity contribution in [2.45, 2.75) is 32.6 Å². The summed E-state index contributed by atoms with van der Waals surface area (Å²) in [6, 6.07) is 17.3. The Hall–Kier alpha value is -3.08. The van der Waals surface area contributed by atoms with Crippen molar-refractivity contribution in [3.05, 3.63) is 77.1 Å². The Bertz CT molecular complexity index is 870. The van der Waals surface area contributed by atoms with Crippen molar-refractivity contribution < 1.29 is 9.53 Å². The number of aromatic nitrogens is 2. The molecule has 3 aromatic rings. The summed E-state index contributed by atoms with van der Waals surface area (Å²) in [7, 11) is 1.66. The van der Waals surface area contributed by atoms with Crippen LogP contribution in [0, 0.1) is 0 Å². The molecule has 5 nitrogen and oxygen atoms in total. The topological polar surface area (TPSA) is 67.0 Å². The normalized spacial score (nSPS) is 10.6. The van der Waals surface area contributed by atoms with Gasteiger partial charge in [-0.3, -0.25) is 9.89 Å². The Morgan fingerprint density at radius 3 is 2.44 bits per heavy atom. The van der Waals surface area contributed by atoms with Gasteiger partial charge in [0, 0.05) is 5.56 Å². The van der Waals surface area contributed by atoms with E-state index in [0.717, 1.165) is 48.5 Å². The average Bonchev–Trinajstić information content (AvgIpc) is 3.09. The molecule has 0 aliphatic heterocycles. The van der Waals surface area contributed by atoms with Crippen LogP contribution < -0.4 is 10.1 Å². The highest BCUT2D eigenvalue weighted by Gasteiger charge is 2.16. The molecule has 0 saturated heterocycles. The van der Waals surface area contributed by atoms with Crippen LogP contribution in [-0.2, 0) is 19.3 Å². The molecule has 0 atom stereocenters. The number of aromatic amines is 1. The second-order valence-corrected chi connectivity index (χ2v) is 6.44. The number of amides is 1. The number of carbonyl (C=O) groups excluding carboxylic acids is 1. The molecule has 1 heterocycles. The minimum Gasteiger partial charge on any atom is -0.497 e. The molecule has 0 aliphatic carbocycles. The van der Waals surface area contributed by atoms with Crippen LogP contribution in [-0.4, -0.2) is 23.2 Å². The molecule has 0 radical (unpaired) electrons. The third-order valence-electron chi connectivity index (χ3n) is 4.50. The molecule has 0 fully saturated rings. The number of ether oxygens (including phenoxy) is 1. The summed E-state index contributed by atoms with van der Waals surface area (Å²) in [5, 5.41) is 10.6. The van der Waals surface area contributed by atoms with Gasteiger partial charge in [-0.05, 0) is 49.1 Å². The van der Waals surface area contributed by atoms with E-state index in [9.17, 15) is 4.79 Å². The molecular formula is C22H25N3O2. The highest BCUT2D eigenvalue weighted by atomic mass is 16.5. The molecule has 2 aromatic carbocycles. The lowest BCUT2D eigenvalue weighted by Crippen LogP contribution is -2.14. The SMILES string of the molecule is CCCc1[nH]nc(CCc2ccc(OC)cc2)c1NC(=O)c1ccccc1. The van der Waals surface area contributed by atoms with Crippen molar-refractivity contribution in [2.75, 3.05) is 12.4 Å². The van der Waals surface area contributed by atoms with E-state index in [-0.39, 0.29) is 5.91 Å². The van der Waals surface area contributed by atoms with Gasteiger partial charge in [0.1, 0.15) is 5.75 Å². The fourth-order valence-corrected chi connectivity index (χ4v) is 3.01. The van der Waals surface area contributed by atoms with E-state index in [0.29, 0.717) is 5.56 Å². The molecule has 0 saturated carbocycles. The number of hydrogen-bond acceptors (Lipinski definition) is 3. The van der Waals surface area contributed by atoms with Crippen molar-refractivity contribution in [2.24, 2.45) is 0 Å². The van der Waals surface area contributed by atoms with Gasteiger partial charge in [-0.1, -0.05) is 43.7 Å². The highest BCUT2D eigenvalue weighted by molar-refractivity contribution is 6.04. The Balaban J connectivity index is 1.75. The average molecular weight is 363 g/mol. The highest BCUT2D eigenvalue weighted by Crippen LogP contribution is 2.23. The third-order valence-corrected chi connectivity index (χ3v) is 4.50. The first kappa shape index (κ1) is 18.7. The second kappa shape index (κ2) is 9.03. The van der Waals surface area contributed by atoms with Crippen molar-refractivity contribution >= 4 is 11.6 Å². The first-order chi connectivity index (χ1) is 13.2. The first-order valence-electron chi connectivity index (χ1n) is 9.26. The van der Waals surface area contributed by atoms with Gasteiger partial charge in [0.15, 0.2) is 0 Å². The molecule has 0 bridgehead atoms. The zero-order chi connectivity index (χ0) is 19.1. The molecule has 27 heavy (non-hydrogen) atoms. The molecule has 2 N–H and O–H groups in total. The van der Waals surface area contributed by atoms with Gasteiger partial charge in [-0.25, -0.2) is 0 Å². The monoisotopic (exact) mass is 363 g/mol. The van der Waals surface area contributed by atoms with Gasteiger partial charge >= 0.3 is 0 Å². The zero-order valence-electron chi connectivity index (χ0n) is 15.8. The number of nitrogens with zero attached hydrogens (tertiary/aromatic N) is 1. The number of aryl methyl sites for hydroxylation is 3. The number of nitrogens with one attached hydrogen (secondary N) is 2. The summed E-state index contributed by atoms with van der Waals surface area (Å²) in [6.07, 6.45) is 3.42. The number of methoxy groups -OCH3 is 1. The summed E-state index contributed by atoms with van der Waals surface area (Å²) < 4.78 is 5.20. The summed E-state index contributed by atoms with van der Waals surface area (Å²) in [4.78, 5) is 12.6. The molecule has 0 aliphatic rings. The van der Waals surface area contributed by atoms with Crippen molar-refractivity contribution in [3.8, 4) is 5.75 Å². The van der Waals surface area contributed by atoms with Crippen LogP contribution >= 0.6 is 0 Å². The smallest absolute Gasteiger partial charge is 0.255 e. The maximum atomic E-state index is 12.6. The Kier molecular flexibility index (Phi) is 6.26. The summed E-state index contributed by atoms with van der Waals surface area (Å²) in [6.45, 7) is 2.11. The molecule has 1 amide bonds. The molecular weight excluding hydrogens is 338 g/mol. The molecule has 0 spiro atoms. The van der Waals surface area contributed by atoms with Crippen LogP contribution in [0.15, 0.2) is 54.6 Å². The van der Waals surface area contributed by atoms with Gasteiger partial charge in [0.05, 0.1) is 24.2 Å². The standard InChI is InChI=1S/C22H25N3O2/c1-3-7-19-21(23-22(26)17-8-5-4-6-9-17)20(25-24-19)15-12-16-10-13-18(27-2)14-11-16/h4-6,8-11,13-14H,3,7,12,15H2,1-2H3,(H,23,26)(H,24,25). The predicted molar refractivity (Wildman–Crippen MR) is 107 cm³/mol. The van der Waals surface area contributed by atoms with E-state index < -0.39 is 0 Å². The number of rotatable bonds is 8. The Morgan fingerprint density at radius 1 is 1.04 bits per heavy atom. The lowest BCUT2D eigenvalue weighted by Gasteiger charge is -2.09. The minimum absolute atomic E-state index is 0.111. The van der Waals surface area contributed by atoms with E-state index in [1.807, 2.05) is 42.5 Å². The number of carbonyl (C=O) groups is 1. The number of H-pyrrole nitrogens is 1. The molecule has 5 heteroatoms. The van der Waals surface area contributed by atoms with Gasteiger partial charge in [0.2, 0.25) is 0 Å². The van der Waals surface area contributed by atoms with Crippen LogP contribution in [0.5, 0.6) is 5.75 Å². The van der Waals surface area contributed by atoms with Crippen molar-refractivity contribution in [3.63, 3.8) is 0 Å². The van der Waals surface area contributed by atoms with Gasteiger partial charge in [-0.2, -0.15) is 5.10 Å². The quantitative estimate of drug-likeness (QED) is 0.623. The van der Waals surface area contributed by atoms with Crippen LogP contribution in [0.4, 0.5) is 5.69 Å². The van der Waals surface area contributed by atoms with Gasteiger partial charge in [-0.15, -0.1) is 0 Å². The lowest BCUT2D eigenvalue weighted by atomic mass is 10.1. The Morgan fingerprint density at radius 2 is 1.78 bits per heavy atom. The Labute approximate surface area is 159 Å². The van der Waals surface area contributed by atoms with Crippen LogP contribution in [0.3, 0.4) is 0 Å². The van der Waals surface area contributed by atoms with Crippen molar-refractivity contribution in [1.29, 1.82) is 0 Å². The maximum absolute atomic E-state index is 12.6. The molecule has 0 unspecified atom stereocenters. The second-order valence-electron chi connectivity index (χ2n) is 6.44. The minimum atomic E-state index is -0.111. The number of anilines is 1. The lowest BCUT2D eigenvalue weighted by molar-refractivity contribution is 0.102. The van der Waals surface area contributed by atoms with E-state index in [1.54, 1.807) is 7.11 Å². The van der Waals surface area contributed by atoms with Crippen LogP contribution in [0.1, 0.15) is 40.7 Å². The number of benzene rings is 2. The fourth-order valence-electron chi connectivity index (χ4n) is 3.01. The van der Waals surface area contributed by atoms with Gasteiger partial charge in [0.25, 0.3) is 5.91 Å². The maximum Gasteiger partial charge on any atom is 0.255 e. The summed E-state index contributed by atoms with van der Waals surface area (Å²) in [5.74, 6) is 0.736.